The van der Waals surface area contributed by atoms with Crippen molar-refractivity contribution in [2.75, 3.05) is 6.61 Å². The van der Waals surface area contributed by atoms with E-state index in [0.717, 1.165) is 44.9 Å². The summed E-state index contributed by atoms with van der Waals surface area (Å²) in [5, 5.41) is 0. The largest absolute Gasteiger partial charge is 0.490 e. The molecule has 0 saturated heterocycles. The standard InChI is InChI=1S/C34H40F4O/c1-3-5-7-9-23-10-12-24(13-11-23)27-18-19-28(32(36)31(27)35)25-14-16-26(17-15-25)29-20-21-30(34(38)33(29)37)39-22-8-6-4-2/h14-21,23-24H,3-13,22H2,1-2H3. The molecule has 0 radical (unpaired) electrons. The molecule has 0 spiro atoms. The van der Waals surface area contributed by atoms with Gasteiger partial charge in [0.25, 0.3) is 0 Å². The third-order valence-corrected chi connectivity index (χ3v) is 8.17. The molecule has 1 fully saturated rings. The van der Waals surface area contributed by atoms with E-state index in [9.17, 15) is 8.78 Å². The van der Waals surface area contributed by atoms with Crippen molar-refractivity contribution in [1.29, 1.82) is 0 Å². The van der Waals surface area contributed by atoms with E-state index >= 15 is 8.78 Å². The number of ether oxygens (including phenoxy) is 1. The molecule has 0 bridgehead atoms. The zero-order valence-electron chi connectivity index (χ0n) is 23.2. The summed E-state index contributed by atoms with van der Waals surface area (Å²) in [6.07, 6.45) is 11.6. The molecule has 3 aromatic rings. The van der Waals surface area contributed by atoms with Crippen LogP contribution in [0, 0.1) is 29.2 Å². The van der Waals surface area contributed by atoms with E-state index in [1.807, 2.05) is 0 Å². The molecule has 5 heteroatoms. The predicted octanol–water partition coefficient (Wildman–Crippen LogP) is 11.0. The van der Waals surface area contributed by atoms with Crippen LogP contribution in [0.4, 0.5) is 17.6 Å². The molecular formula is C34H40F4O. The Morgan fingerprint density at radius 3 is 1.79 bits per heavy atom. The van der Waals surface area contributed by atoms with Crippen LogP contribution in [0.3, 0.4) is 0 Å². The van der Waals surface area contributed by atoms with Gasteiger partial charge in [0.05, 0.1) is 6.61 Å². The monoisotopic (exact) mass is 540 g/mol. The smallest absolute Gasteiger partial charge is 0.201 e. The molecule has 1 aliphatic carbocycles. The lowest BCUT2D eigenvalue weighted by atomic mass is 9.76. The number of hydrogen-bond donors (Lipinski definition) is 0. The molecular weight excluding hydrogens is 500 g/mol. The summed E-state index contributed by atoms with van der Waals surface area (Å²) in [7, 11) is 0. The maximum Gasteiger partial charge on any atom is 0.201 e. The van der Waals surface area contributed by atoms with E-state index in [2.05, 4.69) is 13.8 Å². The summed E-state index contributed by atoms with van der Waals surface area (Å²) in [6, 6.07) is 12.7. The maximum absolute atomic E-state index is 15.2. The van der Waals surface area contributed by atoms with Gasteiger partial charge in [-0.05, 0) is 72.8 Å². The van der Waals surface area contributed by atoms with Gasteiger partial charge in [-0.2, -0.15) is 4.39 Å². The highest BCUT2D eigenvalue weighted by Gasteiger charge is 2.26. The Balaban J connectivity index is 1.45. The Hall–Kier alpha value is -2.82. The summed E-state index contributed by atoms with van der Waals surface area (Å²) in [6.45, 7) is 4.60. The fraction of sp³-hybridized carbons (Fsp3) is 0.471. The van der Waals surface area contributed by atoms with Crippen LogP contribution in [0.5, 0.6) is 5.75 Å². The summed E-state index contributed by atoms with van der Waals surface area (Å²) in [4.78, 5) is 0. The number of rotatable bonds is 12. The van der Waals surface area contributed by atoms with Crippen molar-refractivity contribution < 1.29 is 22.3 Å². The Morgan fingerprint density at radius 2 is 1.18 bits per heavy atom. The topological polar surface area (TPSA) is 9.23 Å². The van der Waals surface area contributed by atoms with Crippen LogP contribution in [0.15, 0.2) is 48.5 Å². The highest BCUT2D eigenvalue weighted by molar-refractivity contribution is 5.72. The summed E-state index contributed by atoms with van der Waals surface area (Å²) in [5.41, 5.74) is 1.65. The summed E-state index contributed by atoms with van der Waals surface area (Å²) in [5.74, 6) is -2.99. The van der Waals surface area contributed by atoms with Gasteiger partial charge in [0.15, 0.2) is 23.2 Å². The van der Waals surface area contributed by atoms with Gasteiger partial charge in [-0.15, -0.1) is 0 Å². The summed E-state index contributed by atoms with van der Waals surface area (Å²) < 4.78 is 65.2. The van der Waals surface area contributed by atoms with E-state index in [-0.39, 0.29) is 22.8 Å². The van der Waals surface area contributed by atoms with Gasteiger partial charge in [-0.1, -0.05) is 88.8 Å². The molecule has 0 aromatic heterocycles. The minimum atomic E-state index is -1.02. The Bertz CT molecular complexity index is 1210. The minimum Gasteiger partial charge on any atom is -0.490 e. The first-order valence-corrected chi connectivity index (χ1v) is 14.6. The lowest BCUT2D eigenvalue weighted by molar-refractivity contribution is 0.286. The number of benzene rings is 3. The summed E-state index contributed by atoms with van der Waals surface area (Å²) >= 11 is 0. The van der Waals surface area contributed by atoms with Gasteiger partial charge in [-0.25, -0.2) is 13.2 Å². The molecule has 1 nitrogen and oxygen atoms in total. The van der Waals surface area contributed by atoms with Crippen molar-refractivity contribution in [1.82, 2.24) is 0 Å². The quantitative estimate of drug-likeness (QED) is 0.164. The van der Waals surface area contributed by atoms with Gasteiger partial charge < -0.3 is 4.74 Å². The van der Waals surface area contributed by atoms with Gasteiger partial charge in [0, 0.05) is 11.1 Å². The molecule has 0 aliphatic heterocycles. The Labute approximate surface area is 230 Å². The molecule has 0 atom stereocenters. The molecule has 0 amide bonds. The second-order valence-corrected chi connectivity index (χ2v) is 10.9. The van der Waals surface area contributed by atoms with Crippen molar-refractivity contribution in [3.8, 4) is 28.0 Å². The molecule has 1 saturated carbocycles. The fourth-order valence-electron chi connectivity index (χ4n) is 5.78. The second-order valence-electron chi connectivity index (χ2n) is 10.9. The van der Waals surface area contributed by atoms with Gasteiger partial charge in [0.2, 0.25) is 5.82 Å². The number of hydrogen-bond acceptors (Lipinski definition) is 1. The van der Waals surface area contributed by atoms with E-state index in [4.69, 9.17) is 4.74 Å². The highest BCUT2D eigenvalue weighted by atomic mass is 19.2. The van der Waals surface area contributed by atoms with Crippen molar-refractivity contribution >= 4 is 0 Å². The predicted molar refractivity (Wildman–Crippen MR) is 151 cm³/mol. The second kappa shape index (κ2) is 14.0. The Kier molecular flexibility index (Phi) is 10.5. The van der Waals surface area contributed by atoms with Crippen LogP contribution in [0.25, 0.3) is 22.3 Å². The van der Waals surface area contributed by atoms with Crippen LogP contribution in [-0.4, -0.2) is 6.61 Å². The minimum absolute atomic E-state index is 0.0508. The molecule has 210 valence electrons. The molecule has 1 aliphatic rings. The lowest BCUT2D eigenvalue weighted by Gasteiger charge is -2.29. The first-order valence-electron chi connectivity index (χ1n) is 14.6. The van der Waals surface area contributed by atoms with Crippen LogP contribution in [0.1, 0.15) is 96.0 Å². The fourth-order valence-corrected chi connectivity index (χ4v) is 5.78. The first kappa shape index (κ1) is 29.2. The van der Waals surface area contributed by atoms with Crippen LogP contribution in [0.2, 0.25) is 0 Å². The van der Waals surface area contributed by atoms with Crippen LogP contribution < -0.4 is 4.74 Å². The average Bonchev–Trinajstić information content (AvgIpc) is 2.96. The molecule has 0 heterocycles. The Morgan fingerprint density at radius 1 is 0.615 bits per heavy atom. The molecule has 3 aromatic carbocycles. The molecule has 0 N–H and O–H groups in total. The van der Waals surface area contributed by atoms with Gasteiger partial charge in [-0.3, -0.25) is 0 Å². The van der Waals surface area contributed by atoms with E-state index in [1.165, 1.54) is 37.8 Å². The first-order chi connectivity index (χ1) is 18.9. The van der Waals surface area contributed by atoms with Crippen molar-refractivity contribution in [2.24, 2.45) is 5.92 Å². The molecule has 0 unspecified atom stereocenters. The van der Waals surface area contributed by atoms with E-state index in [0.29, 0.717) is 29.2 Å². The maximum atomic E-state index is 15.2. The number of unbranched alkanes of at least 4 members (excludes halogenated alkanes) is 4. The van der Waals surface area contributed by atoms with Crippen molar-refractivity contribution in [2.45, 2.75) is 90.4 Å². The number of halogens is 4. The molecule has 4 rings (SSSR count). The van der Waals surface area contributed by atoms with Gasteiger partial charge in [0.1, 0.15) is 0 Å². The van der Waals surface area contributed by atoms with E-state index < -0.39 is 23.3 Å². The van der Waals surface area contributed by atoms with Crippen LogP contribution >= 0.6 is 0 Å². The van der Waals surface area contributed by atoms with Crippen molar-refractivity contribution in [3.05, 3.63) is 77.4 Å². The third-order valence-electron chi connectivity index (χ3n) is 8.17. The zero-order chi connectivity index (χ0) is 27.8. The molecule has 39 heavy (non-hydrogen) atoms. The van der Waals surface area contributed by atoms with E-state index in [1.54, 1.807) is 36.4 Å². The third kappa shape index (κ3) is 7.04. The zero-order valence-corrected chi connectivity index (χ0v) is 23.2. The highest BCUT2D eigenvalue weighted by Crippen LogP contribution is 2.40. The lowest BCUT2D eigenvalue weighted by Crippen LogP contribution is -2.15. The normalized spacial score (nSPS) is 17.4. The average molecular weight is 541 g/mol. The van der Waals surface area contributed by atoms with Crippen molar-refractivity contribution in [3.63, 3.8) is 0 Å². The van der Waals surface area contributed by atoms with Gasteiger partial charge >= 0.3 is 0 Å². The SMILES string of the molecule is CCCCCOc1ccc(-c2ccc(-c3ccc(C4CCC(CCCCC)CC4)c(F)c3F)cc2)c(F)c1F. The van der Waals surface area contributed by atoms with Crippen LogP contribution in [-0.2, 0) is 0 Å².